The van der Waals surface area contributed by atoms with E-state index in [0.29, 0.717) is 4.68 Å². The lowest BCUT2D eigenvalue weighted by atomic mass is 10.1. The first-order chi connectivity index (χ1) is 9.23. The summed E-state index contributed by atoms with van der Waals surface area (Å²) < 4.78 is 39.2. The van der Waals surface area contributed by atoms with Crippen molar-refractivity contribution in [1.29, 1.82) is 0 Å². The molecule has 0 amide bonds. The maximum Gasteiger partial charge on any atom is 0.418 e. The number of nitrogens with zero attached hydrogens (tertiary/aromatic N) is 1. The van der Waals surface area contributed by atoms with Crippen molar-refractivity contribution in [2.75, 3.05) is 0 Å². The molecule has 106 valence electrons. The molecule has 0 saturated heterocycles. The SMILES string of the molecule is Cc1[nH]n(-c2ccccc2C(F)(F)F)c(=O)c1C(=O)O. The highest BCUT2D eigenvalue weighted by molar-refractivity contribution is 5.88. The van der Waals surface area contributed by atoms with E-state index in [-0.39, 0.29) is 5.69 Å². The van der Waals surface area contributed by atoms with E-state index in [0.717, 1.165) is 12.1 Å². The number of aryl methyl sites for hydroxylation is 1. The zero-order chi connectivity index (χ0) is 15.1. The van der Waals surface area contributed by atoms with Crippen molar-refractivity contribution in [1.82, 2.24) is 9.78 Å². The minimum absolute atomic E-state index is 0.0144. The number of carbonyl (C=O) groups is 1. The molecule has 0 bridgehead atoms. The number of nitrogens with one attached hydrogen (secondary N) is 1. The molecular formula is C12H9F3N2O3. The molecule has 0 aliphatic heterocycles. The van der Waals surface area contributed by atoms with E-state index in [1.54, 1.807) is 0 Å². The Morgan fingerprint density at radius 1 is 1.30 bits per heavy atom. The number of hydrogen-bond acceptors (Lipinski definition) is 2. The summed E-state index contributed by atoms with van der Waals surface area (Å²) in [5.41, 5.74) is -3.10. The number of aromatic nitrogens is 2. The molecule has 0 fully saturated rings. The van der Waals surface area contributed by atoms with Crippen LogP contribution < -0.4 is 5.56 Å². The van der Waals surface area contributed by atoms with Crippen molar-refractivity contribution in [3.05, 3.63) is 51.4 Å². The van der Waals surface area contributed by atoms with E-state index < -0.39 is 34.5 Å². The Morgan fingerprint density at radius 3 is 2.40 bits per heavy atom. The van der Waals surface area contributed by atoms with Gasteiger partial charge >= 0.3 is 12.1 Å². The largest absolute Gasteiger partial charge is 0.477 e. The van der Waals surface area contributed by atoms with Gasteiger partial charge in [-0.1, -0.05) is 12.1 Å². The summed E-state index contributed by atoms with van der Waals surface area (Å²) in [6.45, 7) is 1.30. The fraction of sp³-hybridized carbons (Fsp3) is 0.167. The van der Waals surface area contributed by atoms with Crippen LogP contribution in [0.15, 0.2) is 29.1 Å². The molecule has 0 unspecified atom stereocenters. The van der Waals surface area contributed by atoms with Gasteiger partial charge < -0.3 is 5.11 Å². The molecule has 0 atom stereocenters. The van der Waals surface area contributed by atoms with E-state index in [1.807, 2.05) is 0 Å². The predicted molar refractivity (Wildman–Crippen MR) is 63.1 cm³/mol. The van der Waals surface area contributed by atoms with Crippen LogP contribution in [0.25, 0.3) is 5.69 Å². The fourth-order valence-electron chi connectivity index (χ4n) is 1.88. The van der Waals surface area contributed by atoms with Gasteiger partial charge in [0, 0.05) is 5.69 Å². The number of halogens is 3. The smallest absolute Gasteiger partial charge is 0.418 e. The van der Waals surface area contributed by atoms with Gasteiger partial charge in [0.25, 0.3) is 5.56 Å². The zero-order valence-electron chi connectivity index (χ0n) is 10.2. The first-order valence-electron chi connectivity index (χ1n) is 5.45. The minimum atomic E-state index is -4.65. The average Bonchev–Trinajstić information content (AvgIpc) is 2.63. The molecule has 2 N–H and O–H groups in total. The summed E-state index contributed by atoms with van der Waals surface area (Å²) in [5, 5.41) is 11.2. The lowest BCUT2D eigenvalue weighted by Crippen LogP contribution is -2.22. The van der Waals surface area contributed by atoms with E-state index in [4.69, 9.17) is 5.11 Å². The third-order valence-corrected chi connectivity index (χ3v) is 2.74. The second-order valence-electron chi connectivity index (χ2n) is 4.07. The van der Waals surface area contributed by atoms with Gasteiger partial charge in [-0.3, -0.25) is 9.89 Å². The van der Waals surface area contributed by atoms with Crippen molar-refractivity contribution in [2.45, 2.75) is 13.1 Å². The highest BCUT2D eigenvalue weighted by Gasteiger charge is 2.34. The van der Waals surface area contributed by atoms with Crippen LogP contribution in [0.3, 0.4) is 0 Å². The number of H-pyrrole nitrogens is 1. The van der Waals surface area contributed by atoms with Crippen molar-refractivity contribution in [3.63, 3.8) is 0 Å². The highest BCUT2D eigenvalue weighted by atomic mass is 19.4. The Kier molecular flexibility index (Phi) is 3.16. The molecule has 1 aromatic heterocycles. The van der Waals surface area contributed by atoms with Crippen LogP contribution in [0.5, 0.6) is 0 Å². The van der Waals surface area contributed by atoms with Gasteiger partial charge in [0.05, 0.1) is 11.3 Å². The van der Waals surface area contributed by atoms with Gasteiger partial charge in [-0.25, -0.2) is 9.48 Å². The Labute approximate surface area is 110 Å². The Balaban J connectivity index is 2.75. The molecule has 20 heavy (non-hydrogen) atoms. The molecule has 1 heterocycles. The van der Waals surface area contributed by atoms with Crippen molar-refractivity contribution < 1.29 is 23.1 Å². The molecule has 0 spiro atoms. The normalized spacial score (nSPS) is 11.6. The van der Waals surface area contributed by atoms with Crippen LogP contribution >= 0.6 is 0 Å². The number of carboxylic acid groups (broad SMARTS) is 1. The summed E-state index contributed by atoms with van der Waals surface area (Å²) >= 11 is 0. The van der Waals surface area contributed by atoms with Gasteiger partial charge in [-0.05, 0) is 19.1 Å². The van der Waals surface area contributed by atoms with Crippen LogP contribution in [0.4, 0.5) is 13.2 Å². The average molecular weight is 286 g/mol. The molecule has 0 aliphatic carbocycles. The van der Waals surface area contributed by atoms with Crippen LogP contribution in [-0.4, -0.2) is 20.9 Å². The molecule has 0 aliphatic rings. The number of aromatic carboxylic acids is 1. The van der Waals surface area contributed by atoms with E-state index in [1.165, 1.54) is 19.1 Å². The first kappa shape index (κ1) is 13.9. The molecular weight excluding hydrogens is 277 g/mol. The third kappa shape index (κ3) is 2.20. The lowest BCUT2D eigenvalue weighted by molar-refractivity contribution is -0.137. The molecule has 8 heteroatoms. The topological polar surface area (TPSA) is 75.1 Å². The van der Waals surface area contributed by atoms with E-state index >= 15 is 0 Å². The van der Waals surface area contributed by atoms with E-state index in [2.05, 4.69) is 5.10 Å². The van der Waals surface area contributed by atoms with Crippen molar-refractivity contribution in [2.24, 2.45) is 0 Å². The van der Waals surface area contributed by atoms with Gasteiger partial charge in [0.15, 0.2) is 0 Å². The minimum Gasteiger partial charge on any atom is -0.477 e. The summed E-state index contributed by atoms with van der Waals surface area (Å²) in [7, 11) is 0. The lowest BCUT2D eigenvalue weighted by Gasteiger charge is -2.12. The second-order valence-corrected chi connectivity index (χ2v) is 4.07. The van der Waals surface area contributed by atoms with Gasteiger partial charge in [-0.2, -0.15) is 13.2 Å². The predicted octanol–water partition coefficient (Wildman–Crippen LogP) is 2.19. The van der Waals surface area contributed by atoms with Gasteiger partial charge in [0.2, 0.25) is 0 Å². The van der Waals surface area contributed by atoms with Gasteiger partial charge in [-0.15, -0.1) is 0 Å². The second kappa shape index (κ2) is 4.55. The highest BCUT2D eigenvalue weighted by Crippen LogP contribution is 2.33. The van der Waals surface area contributed by atoms with E-state index in [9.17, 15) is 22.8 Å². The summed E-state index contributed by atoms with van der Waals surface area (Å²) in [6.07, 6.45) is -4.65. The first-order valence-corrected chi connectivity index (χ1v) is 5.45. The number of rotatable bonds is 2. The number of alkyl halides is 3. The molecule has 2 aromatic rings. The standard InChI is InChI=1S/C12H9F3N2O3/c1-6-9(11(19)20)10(18)17(16-6)8-5-3-2-4-7(8)12(13,14)15/h2-5,16H,1H3,(H,19,20). The number of hydrogen-bond donors (Lipinski definition) is 2. The maximum absolute atomic E-state index is 12.9. The number of carboxylic acids is 1. The number of aromatic amines is 1. The van der Waals surface area contributed by atoms with Crippen LogP contribution in [-0.2, 0) is 6.18 Å². The van der Waals surface area contributed by atoms with Crippen molar-refractivity contribution in [3.8, 4) is 5.69 Å². The molecule has 5 nitrogen and oxygen atoms in total. The third-order valence-electron chi connectivity index (χ3n) is 2.74. The Morgan fingerprint density at radius 2 is 1.90 bits per heavy atom. The van der Waals surface area contributed by atoms with Crippen molar-refractivity contribution >= 4 is 5.97 Å². The maximum atomic E-state index is 12.9. The van der Waals surface area contributed by atoms with Crippen LogP contribution in [0.2, 0.25) is 0 Å². The van der Waals surface area contributed by atoms with Gasteiger partial charge in [0.1, 0.15) is 5.56 Å². The van der Waals surface area contributed by atoms with Crippen LogP contribution in [0, 0.1) is 6.92 Å². The molecule has 0 saturated carbocycles. The van der Waals surface area contributed by atoms with Crippen LogP contribution in [0.1, 0.15) is 21.6 Å². The quantitative estimate of drug-likeness (QED) is 0.888. The Bertz CT molecular complexity index is 728. The molecule has 0 radical (unpaired) electrons. The summed E-state index contributed by atoms with van der Waals surface area (Å²) in [5.74, 6) is -1.49. The zero-order valence-corrected chi connectivity index (χ0v) is 10.2. The fourth-order valence-corrected chi connectivity index (χ4v) is 1.88. The molecule has 2 rings (SSSR count). The Hall–Kier alpha value is -2.51. The summed E-state index contributed by atoms with van der Waals surface area (Å²) in [4.78, 5) is 22.8. The number of para-hydroxylation sites is 1. The molecule has 1 aromatic carbocycles. The summed E-state index contributed by atoms with van der Waals surface area (Å²) in [6, 6.07) is 4.42. The monoisotopic (exact) mass is 286 g/mol. The number of benzene rings is 1.